The van der Waals surface area contributed by atoms with E-state index in [-0.39, 0.29) is 11.5 Å². The summed E-state index contributed by atoms with van der Waals surface area (Å²) in [6.07, 6.45) is 8.36. The van der Waals surface area contributed by atoms with Gasteiger partial charge in [0.25, 0.3) is 11.5 Å². The summed E-state index contributed by atoms with van der Waals surface area (Å²) in [5.74, 6) is -0.184. The van der Waals surface area contributed by atoms with Gasteiger partial charge < -0.3 is 24.0 Å². The summed E-state index contributed by atoms with van der Waals surface area (Å²) < 4.78 is 18.9. The van der Waals surface area contributed by atoms with Crippen molar-refractivity contribution in [1.82, 2.24) is 19.0 Å². The number of rotatable bonds is 6. The van der Waals surface area contributed by atoms with Crippen molar-refractivity contribution in [2.24, 2.45) is 7.05 Å². The molecule has 0 unspecified atom stereocenters. The Balaban J connectivity index is 1.20. The number of aliphatic hydroxyl groups is 1. The molecule has 1 saturated heterocycles. The molecule has 9 heteroatoms. The van der Waals surface area contributed by atoms with Gasteiger partial charge in [0, 0.05) is 49.6 Å². The summed E-state index contributed by atoms with van der Waals surface area (Å²) in [6, 6.07) is 13.1. The molecule has 1 fully saturated rings. The van der Waals surface area contributed by atoms with Crippen LogP contribution in [0.3, 0.4) is 0 Å². The first-order chi connectivity index (χ1) is 21.8. The highest BCUT2D eigenvalue weighted by Crippen LogP contribution is 2.36. The Morgan fingerprint density at radius 1 is 0.956 bits per heavy atom. The quantitative estimate of drug-likeness (QED) is 0.339. The Morgan fingerprint density at radius 2 is 1.71 bits per heavy atom. The molecule has 4 aromatic rings. The Morgan fingerprint density at radius 3 is 2.47 bits per heavy atom. The number of aromatic nitrogens is 3. The molecule has 2 aromatic heterocycles. The van der Waals surface area contributed by atoms with Gasteiger partial charge in [-0.05, 0) is 99.5 Å². The molecule has 0 bridgehead atoms. The van der Waals surface area contributed by atoms with E-state index in [1.807, 2.05) is 6.07 Å². The molecule has 0 saturated carbocycles. The number of carbonyl (C=O) groups is 1. The molecular weight excluding hydrogens is 569 g/mol. The van der Waals surface area contributed by atoms with Crippen molar-refractivity contribution >= 4 is 11.6 Å². The van der Waals surface area contributed by atoms with Gasteiger partial charge in [0.1, 0.15) is 17.2 Å². The van der Waals surface area contributed by atoms with E-state index in [0.29, 0.717) is 59.3 Å². The highest BCUT2D eigenvalue weighted by atomic mass is 19.1. The highest BCUT2D eigenvalue weighted by Gasteiger charge is 2.32. The molecule has 0 atom stereocenters. The molecule has 3 aliphatic rings. The van der Waals surface area contributed by atoms with Gasteiger partial charge in [0.15, 0.2) is 0 Å². The number of hydrogen-bond acceptors (Lipinski definition) is 5. The maximum absolute atomic E-state index is 15.3. The van der Waals surface area contributed by atoms with Gasteiger partial charge in [-0.25, -0.2) is 9.37 Å². The summed E-state index contributed by atoms with van der Waals surface area (Å²) in [6.45, 7) is 2.77. The fourth-order valence-electron chi connectivity index (χ4n) is 7.48. The summed E-state index contributed by atoms with van der Waals surface area (Å²) in [5, 5.41) is 10.6. The second-order valence-electron chi connectivity index (χ2n) is 12.9. The third-order valence-corrected chi connectivity index (χ3v) is 10.0. The number of aliphatic hydroxyl groups excluding tert-OH is 1. The summed E-state index contributed by atoms with van der Waals surface area (Å²) in [4.78, 5) is 35.7. The van der Waals surface area contributed by atoms with E-state index in [1.165, 1.54) is 33.5 Å². The molecule has 1 amide bonds. The van der Waals surface area contributed by atoms with E-state index in [1.54, 1.807) is 18.1 Å². The van der Waals surface area contributed by atoms with Crippen LogP contribution < -0.4 is 10.5 Å². The minimum atomic E-state index is -0.535. The number of fused-ring (bicyclic) bond motifs is 3. The van der Waals surface area contributed by atoms with E-state index in [4.69, 9.17) is 4.98 Å². The van der Waals surface area contributed by atoms with Crippen molar-refractivity contribution in [1.29, 1.82) is 0 Å². The molecule has 1 N–H and O–H groups in total. The lowest BCUT2D eigenvalue weighted by atomic mass is 9.89. The maximum atomic E-state index is 15.3. The molecule has 8 nitrogen and oxygen atoms in total. The number of anilines is 1. The lowest BCUT2D eigenvalue weighted by Crippen LogP contribution is -2.41. The smallest absolute Gasteiger partial charge is 0.274 e. The zero-order chi connectivity index (χ0) is 31.2. The predicted molar refractivity (Wildman–Crippen MR) is 172 cm³/mol. The number of carbonyl (C=O) groups excluding carboxylic acids is 1. The second kappa shape index (κ2) is 12.0. The lowest BCUT2D eigenvalue weighted by Gasteiger charge is -2.31. The highest BCUT2D eigenvalue weighted by molar-refractivity contribution is 6.07. The van der Waals surface area contributed by atoms with Gasteiger partial charge in [-0.2, -0.15) is 0 Å². The predicted octanol–water partition coefficient (Wildman–Crippen LogP) is 4.82. The van der Waals surface area contributed by atoms with Crippen LogP contribution in [0.25, 0.3) is 11.3 Å². The van der Waals surface area contributed by atoms with Crippen LogP contribution in [0.4, 0.5) is 10.1 Å². The van der Waals surface area contributed by atoms with Gasteiger partial charge in [0.2, 0.25) is 0 Å². The topological polar surface area (TPSA) is 83.6 Å². The third-order valence-electron chi connectivity index (χ3n) is 10.0. The molecular formula is C36H40FN5O3. The van der Waals surface area contributed by atoms with Gasteiger partial charge >= 0.3 is 0 Å². The normalized spacial score (nSPS) is 17.4. The molecule has 2 aliphatic heterocycles. The van der Waals surface area contributed by atoms with E-state index in [2.05, 4.69) is 40.8 Å². The average Bonchev–Trinajstić information content (AvgIpc) is 3.43. The van der Waals surface area contributed by atoms with Gasteiger partial charge in [-0.1, -0.05) is 24.3 Å². The second-order valence-corrected chi connectivity index (χ2v) is 12.9. The van der Waals surface area contributed by atoms with Crippen LogP contribution in [-0.2, 0) is 39.5 Å². The fourth-order valence-corrected chi connectivity index (χ4v) is 7.48. The molecule has 2 aromatic carbocycles. The molecule has 4 heterocycles. The van der Waals surface area contributed by atoms with E-state index >= 15 is 4.39 Å². The largest absolute Gasteiger partial charge is 0.392 e. The van der Waals surface area contributed by atoms with Crippen LogP contribution in [-0.4, -0.2) is 56.7 Å². The van der Waals surface area contributed by atoms with Crippen molar-refractivity contribution in [2.75, 3.05) is 31.6 Å². The van der Waals surface area contributed by atoms with Crippen LogP contribution in [0.1, 0.15) is 75.7 Å². The fraction of sp³-hybridized carbons (Fsp3) is 0.417. The van der Waals surface area contributed by atoms with E-state index in [9.17, 15) is 14.7 Å². The minimum Gasteiger partial charge on any atom is -0.392 e. The van der Waals surface area contributed by atoms with Crippen LogP contribution in [0, 0.1) is 5.82 Å². The monoisotopic (exact) mass is 609 g/mol. The number of benzene rings is 2. The van der Waals surface area contributed by atoms with Crippen LogP contribution in [0.15, 0.2) is 53.5 Å². The number of hydrogen-bond donors (Lipinski definition) is 1. The maximum Gasteiger partial charge on any atom is 0.274 e. The Kier molecular flexibility index (Phi) is 7.91. The summed E-state index contributed by atoms with van der Waals surface area (Å²) >= 11 is 0. The summed E-state index contributed by atoms with van der Waals surface area (Å²) in [7, 11) is 3.81. The van der Waals surface area contributed by atoms with Gasteiger partial charge in [0.05, 0.1) is 18.0 Å². The number of aryl methyl sites for hydroxylation is 2. The molecule has 45 heavy (non-hydrogen) atoms. The van der Waals surface area contributed by atoms with Gasteiger partial charge in [-0.3, -0.25) is 9.59 Å². The first-order valence-electron chi connectivity index (χ1n) is 16.1. The van der Waals surface area contributed by atoms with E-state index < -0.39 is 12.4 Å². The van der Waals surface area contributed by atoms with Crippen molar-refractivity contribution in [2.45, 2.75) is 64.0 Å². The number of amides is 1. The SMILES string of the molecule is CN1CCC(c2ccc(Cc3nc(-c4cc(F)cc(N5CCn6c(cc7c6CCCC7)C5=O)c4CO)cn(C)c3=O)cc2)CC1. The Labute approximate surface area is 262 Å². The molecule has 234 valence electrons. The first kappa shape index (κ1) is 29.6. The minimum absolute atomic E-state index is 0.195. The first-order valence-corrected chi connectivity index (χ1v) is 16.1. The number of halogens is 1. The Bertz CT molecular complexity index is 1820. The van der Waals surface area contributed by atoms with Crippen LogP contribution in [0.5, 0.6) is 0 Å². The molecule has 0 radical (unpaired) electrons. The summed E-state index contributed by atoms with van der Waals surface area (Å²) in [5.41, 5.74) is 6.99. The molecule has 7 rings (SSSR count). The van der Waals surface area contributed by atoms with Crippen molar-refractivity contribution < 1.29 is 14.3 Å². The lowest BCUT2D eigenvalue weighted by molar-refractivity contribution is 0.0964. The molecule has 1 aliphatic carbocycles. The van der Waals surface area contributed by atoms with Gasteiger partial charge in [-0.15, -0.1) is 0 Å². The number of piperidine rings is 1. The molecule has 0 spiro atoms. The number of nitrogens with zero attached hydrogens (tertiary/aromatic N) is 5. The Hall–Kier alpha value is -4.08. The zero-order valence-corrected chi connectivity index (χ0v) is 26.1. The van der Waals surface area contributed by atoms with E-state index in [0.717, 1.165) is 57.2 Å². The van der Waals surface area contributed by atoms with Crippen molar-refractivity contribution in [3.8, 4) is 11.3 Å². The van der Waals surface area contributed by atoms with Crippen molar-refractivity contribution in [3.05, 3.63) is 104 Å². The average molecular weight is 610 g/mol. The number of likely N-dealkylation sites (tertiary alicyclic amines) is 1. The van der Waals surface area contributed by atoms with Crippen molar-refractivity contribution in [3.63, 3.8) is 0 Å². The third kappa shape index (κ3) is 5.53. The zero-order valence-electron chi connectivity index (χ0n) is 26.1. The van der Waals surface area contributed by atoms with Crippen LogP contribution in [0.2, 0.25) is 0 Å². The standard InChI is InChI=1S/C36H40FN5O3/c1-39-13-11-25(12-14-39)24-9-7-23(8-10-24)17-30-35(44)40(2)21-31(38-30)28-19-27(37)20-33(29(28)22-43)42-16-15-41-32-6-4-3-5-26(32)18-34(41)36(42)45/h7-10,18-21,25,43H,3-6,11-17,22H2,1-2H3. The van der Waals surface area contributed by atoms with Crippen LogP contribution >= 0.6 is 0 Å².